The van der Waals surface area contributed by atoms with Gasteiger partial charge >= 0.3 is 17.8 Å². The van der Waals surface area contributed by atoms with E-state index in [9.17, 15) is 14.4 Å². The zero-order valence-electron chi connectivity index (χ0n) is 14.9. The smallest absolute Gasteiger partial charge is 0.327 e. The maximum absolute atomic E-state index is 12.8. The van der Waals surface area contributed by atoms with Crippen molar-refractivity contribution in [1.82, 2.24) is 14.7 Å². The van der Waals surface area contributed by atoms with Crippen molar-refractivity contribution in [2.45, 2.75) is 25.7 Å². The molecule has 0 saturated carbocycles. The van der Waals surface area contributed by atoms with Gasteiger partial charge in [0.1, 0.15) is 5.75 Å². The van der Waals surface area contributed by atoms with E-state index in [1.807, 2.05) is 13.0 Å². The minimum absolute atomic E-state index is 0.257. The highest BCUT2D eigenvalue weighted by atomic mass is 16.5. The lowest BCUT2D eigenvalue weighted by atomic mass is 9.96. The molecule has 26 heavy (non-hydrogen) atoms. The third-order valence-corrected chi connectivity index (χ3v) is 5.57. The molecular weight excluding hydrogens is 334 g/mol. The number of ether oxygens (including phenoxy) is 1. The van der Waals surface area contributed by atoms with Crippen LogP contribution in [0.3, 0.4) is 0 Å². The molecular formula is C19H23N3O4. The average molecular weight is 357 g/mol. The summed E-state index contributed by atoms with van der Waals surface area (Å²) in [5.41, 5.74) is 2.44. The van der Waals surface area contributed by atoms with E-state index in [0.717, 1.165) is 30.1 Å². The fraction of sp³-hybridized carbons (Fsp3) is 0.526. The Kier molecular flexibility index (Phi) is 4.30. The Morgan fingerprint density at radius 3 is 2.85 bits per heavy atom. The normalized spacial score (nSPS) is 22.7. The summed E-state index contributed by atoms with van der Waals surface area (Å²) in [6.07, 6.45) is 1.79. The van der Waals surface area contributed by atoms with Gasteiger partial charge in [-0.05, 0) is 30.5 Å². The number of benzene rings is 1. The number of carbonyl (C=O) groups excluding carboxylic acids is 3. The van der Waals surface area contributed by atoms with Crippen LogP contribution in [0.5, 0.6) is 5.75 Å². The Balaban J connectivity index is 1.43. The number of carbonyl (C=O) groups is 3. The quantitative estimate of drug-likeness (QED) is 0.747. The van der Waals surface area contributed by atoms with Crippen molar-refractivity contribution in [2.24, 2.45) is 0 Å². The first-order chi connectivity index (χ1) is 12.6. The predicted octanol–water partition coefficient (Wildman–Crippen LogP) is 1.22. The van der Waals surface area contributed by atoms with Crippen molar-refractivity contribution in [1.29, 1.82) is 0 Å². The van der Waals surface area contributed by atoms with Gasteiger partial charge in [-0.1, -0.05) is 12.1 Å². The molecule has 0 unspecified atom stereocenters. The van der Waals surface area contributed by atoms with E-state index in [4.69, 9.17) is 4.74 Å². The van der Waals surface area contributed by atoms with Crippen LogP contribution in [0.4, 0.5) is 4.79 Å². The monoisotopic (exact) mass is 357 g/mol. The highest BCUT2D eigenvalue weighted by Crippen LogP contribution is 2.33. The number of fused-ring (bicyclic) bond motifs is 1. The second-order valence-electron chi connectivity index (χ2n) is 7.02. The van der Waals surface area contributed by atoms with Crippen LogP contribution >= 0.6 is 0 Å². The van der Waals surface area contributed by atoms with Crippen LogP contribution in [0.15, 0.2) is 18.2 Å². The minimum Gasteiger partial charge on any atom is -0.493 e. The molecule has 0 bridgehead atoms. The number of hydrogen-bond acceptors (Lipinski definition) is 4. The number of amides is 4. The van der Waals surface area contributed by atoms with Crippen molar-refractivity contribution in [3.8, 4) is 5.75 Å². The highest BCUT2D eigenvalue weighted by Gasteiger charge is 2.39. The molecule has 3 heterocycles. The molecule has 2 fully saturated rings. The molecule has 1 atom stereocenters. The largest absolute Gasteiger partial charge is 0.493 e. The molecule has 2 saturated heterocycles. The second kappa shape index (κ2) is 6.63. The number of piperazine rings is 1. The molecule has 0 aromatic heterocycles. The van der Waals surface area contributed by atoms with E-state index in [2.05, 4.69) is 12.1 Å². The standard InChI is InChI=1S/C19H23N3O4/c1-2-20-8-9-22(18(24)17(20)23)19(25)21-7-5-15(12-21)13-3-4-16-14(11-13)6-10-26-16/h3-4,11,15H,2,5-10,12H2,1H3/t15-/m1/s1. The van der Waals surface area contributed by atoms with E-state index in [-0.39, 0.29) is 18.5 Å². The molecule has 0 radical (unpaired) electrons. The molecule has 138 valence electrons. The number of rotatable bonds is 2. The van der Waals surface area contributed by atoms with Crippen molar-refractivity contribution in [2.75, 3.05) is 39.3 Å². The van der Waals surface area contributed by atoms with Gasteiger partial charge < -0.3 is 14.5 Å². The molecule has 1 aromatic carbocycles. The van der Waals surface area contributed by atoms with Gasteiger partial charge in [-0.25, -0.2) is 4.79 Å². The molecule has 0 spiro atoms. The third kappa shape index (κ3) is 2.81. The lowest BCUT2D eigenvalue weighted by molar-refractivity contribution is -0.153. The molecule has 3 aliphatic heterocycles. The summed E-state index contributed by atoms with van der Waals surface area (Å²) in [7, 11) is 0. The molecule has 4 amide bonds. The summed E-state index contributed by atoms with van der Waals surface area (Å²) in [5, 5.41) is 0. The van der Waals surface area contributed by atoms with E-state index < -0.39 is 11.8 Å². The Bertz CT molecular complexity index is 763. The van der Waals surface area contributed by atoms with Crippen LogP contribution in [0.25, 0.3) is 0 Å². The van der Waals surface area contributed by atoms with Gasteiger partial charge in [0, 0.05) is 45.1 Å². The van der Waals surface area contributed by atoms with Crippen molar-refractivity contribution in [3.05, 3.63) is 29.3 Å². The van der Waals surface area contributed by atoms with Crippen molar-refractivity contribution < 1.29 is 19.1 Å². The van der Waals surface area contributed by atoms with Crippen molar-refractivity contribution >= 4 is 17.8 Å². The van der Waals surface area contributed by atoms with Crippen LogP contribution in [0, 0.1) is 0 Å². The Morgan fingerprint density at radius 2 is 2.04 bits per heavy atom. The van der Waals surface area contributed by atoms with Gasteiger partial charge in [0.05, 0.1) is 6.61 Å². The maximum atomic E-state index is 12.8. The number of nitrogens with zero attached hydrogens (tertiary/aromatic N) is 3. The summed E-state index contributed by atoms with van der Waals surface area (Å²) in [4.78, 5) is 41.3. The highest BCUT2D eigenvalue weighted by molar-refractivity contribution is 6.38. The number of imide groups is 1. The topological polar surface area (TPSA) is 70.2 Å². The van der Waals surface area contributed by atoms with E-state index in [1.54, 1.807) is 4.90 Å². The van der Waals surface area contributed by atoms with Crippen LogP contribution < -0.4 is 4.74 Å². The SMILES string of the molecule is CCN1CCN(C(=O)N2CC[C@@H](c3ccc4c(c3)CCO4)C2)C(=O)C1=O. The molecule has 3 aliphatic rings. The van der Waals surface area contributed by atoms with E-state index >= 15 is 0 Å². The van der Waals surface area contributed by atoms with Crippen LogP contribution in [0.1, 0.15) is 30.4 Å². The lowest BCUT2D eigenvalue weighted by Gasteiger charge is -2.34. The molecule has 7 nitrogen and oxygen atoms in total. The fourth-order valence-corrected chi connectivity index (χ4v) is 4.00. The first-order valence-electron chi connectivity index (χ1n) is 9.23. The van der Waals surface area contributed by atoms with E-state index in [1.165, 1.54) is 16.0 Å². The Labute approximate surface area is 152 Å². The van der Waals surface area contributed by atoms with Gasteiger partial charge in [0.25, 0.3) is 0 Å². The zero-order valence-corrected chi connectivity index (χ0v) is 14.9. The average Bonchev–Trinajstić information content (AvgIpc) is 3.32. The zero-order chi connectivity index (χ0) is 18.3. The van der Waals surface area contributed by atoms with Gasteiger partial charge in [0.15, 0.2) is 0 Å². The lowest BCUT2D eigenvalue weighted by Crippen LogP contribution is -2.58. The molecule has 4 rings (SSSR count). The third-order valence-electron chi connectivity index (χ3n) is 5.57. The molecule has 0 N–H and O–H groups in total. The second-order valence-corrected chi connectivity index (χ2v) is 7.02. The van der Waals surface area contributed by atoms with Gasteiger partial charge in [0.2, 0.25) is 0 Å². The Morgan fingerprint density at radius 1 is 1.19 bits per heavy atom. The number of likely N-dealkylation sites (tertiary alicyclic amines) is 1. The maximum Gasteiger partial charge on any atom is 0.327 e. The molecule has 0 aliphatic carbocycles. The summed E-state index contributed by atoms with van der Waals surface area (Å²) in [6.45, 7) is 4.91. The fourth-order valence-electron chi connectivity index (χ4n) is 4.00. The predicted molar refractivity (Wildman–Crippen MR) is 93.9 cm³/mol. The number of likely N-dealkylation sites (N-methyl/N-ethyl adjacent to an activating group) is 1. The summed E-state index contributed by atoms with van der Waals surface area (Å²) in [5.74, 6) is -0.0760. The summed E-state index contributed by atoms with van der Waals surface area (Å²) >= 11 is 0. The minimum atomic E-state index is -0.707. The molecule has 7 heteroatoms. The Hall–Kier alpha value is -2.57. The van der Waals surface area contributed by atoms with Crippen LogP contribution in [0.2, 0.25) is 0 Å². The summed E-state index contributed by atoms with van der Waals surface area (Å²) < 4.78 is 5.55. The molecule has 1 aromatic rings. The van der Waals surface area contributed by atoms with Crippen LogP contribution in [-0.4, -0.2) is 71.9 Å². The number of urea groups is 1. The first-order valence-corrected chi connectivity index (χ1v) is 9.23. The van der Waals surface area contributed by atoms with Crippen molar-refractivity contribution in [3.63, 3.8) is 0 Å². The van der Waals surface area contributed by atoms with Gasteiger partial charge in [-0.2, -0.15) is 0 Å². The van der Waals surface area contributed by atoms with E-state index in [0.29, 0.717) is 26.2 Å². The van der Waals surface area contributed by atoms with Crippen LogP contribution in [-0.2, 0) is 16.0 Å². The number of hydrogen-bond donors (Lipinski definition) is 0. The van der Waals surface area contributed by atoms with Gasteiger partial charge in [-0.3, -0.25) is 14.5 Å². The summed E-state index contributed by atoms with van der Waals surface area (Å²) in [6, 6.07) is 5.91. The van der Waals surface area contributed by atoms with Gasteiger partial charge in [-0.15, -0.1) is 0 Å². The first kappa shape index (κ1) is 16.9.